The SMILES string of the molecule is COc1cc(Br)cc(C)c1NC(=O)CCC1CCNC1. The fourth-order valence-corrected chi connectivity index (χ4v) is 3.08. The molecular weight excluding hydrogens is 320 g/mol. The quantitative estimate of drug-likeness (QED) is 0.865. The highest BCUT2D eigenvalue weighted by Crippen LogP contribution is 2.32. The topological polar surface area (TPSA) is 50.4 Å². The summed E-state index contributed by atoms with van der Waals surface area (Å²) in [5, 5.41) is 6.30. The van der Waals surface area contributed by atoms with Gasteiger partial charge in [-0.15, -0.1) is 0 Å². The molecule has 1 aromatic carbocycles. The van der Waals surface area contributed by atoms with Gasteiger partial charge in [0.2, 0.25) is 5.91 Å². The van der Waals surface area contributed by atoms with Crippen LogP contribution in [-0.2, 0) is 4.79 Å². The lowest BCUT2D eigenvalue weighted by atomic mass is 10.0. The van der Waals surface area contributed by atoms with Crippen LogP contribution in [0.1, 0.15) is 24.8 Å². The molecule has 1 aromatic rings. The highest BCUT2D eigenvalue weighted by molar-refractivity contribution is 9.10. The fourth-order valence-electron chi connectivity index (χ4n) is 2.53. The summed E-state index contributed by atoms with van der Waals surface area (Å²) in [6, 6.07) is 3.84. The van der Waals surface area contributed by atoms with Crippen LogP contribution in [0.3, 0.4) is 0 Å². The van der Waals surface area contributed by atoms with E-state index in [0.29, 0.717) is 18.1 Å². The van der Waals surface area contributed by atoms with Crippen LogP contribution in [0.2, 0.25) is 0 Å². The Balaban J connectivity index is 1.96. The fraction of sp³-hybridized carbons (Fsp3) is 0.533. The van der Waals surface area contributed by atoms with Crippen molar-refractivity contribution in [1.29, 1.82) is 0 Å². The van der Waals surface area contributed by atoms with E-state index in [9.17, 15) is 4.79 Å². The highest BCUT2D eigenvalue weighted by Gasteiger charge is 2.17. The van der Waals surface area contributed by atoms with E-state index in [2.05, 4.69) is 26.6 Å². The average Bonchev–Trinajstić information content (AvgIpc) is 2.92. The minimum absolute atomic E-state index is 0.0561. The minimum atomic E-state index is 0.0561. The van der Waals surface area contributed by atoms with Crippen molar-refractivity contribution >= 4 is 27.5 Å². The van der Waals surface area contributed by atoms with Crippen molar-refractivity contribution in [3.63, 3.8) is 0 Å². The van der Waals surface area contributed by atoms with E-state index in [1.54, 1.807) is 7.11 Å². The van der Waals surface area contributed by atoms with Gasteiger partial charge in [0.15, 0.2) is 0 Å². The predicted molar refractivity (Wildman–Crippen MR) is 84.3 cm³/mol. The highest BCUT2D eigenvalue weighted by atomic mass is 79.9. The van der Waals surface area contributed by atoms with Crippen molar-refractivity contribution in [3.05, 3.63) is 22.2 Å². The van der Waals surface area contributed by atoms with Gasteiger partial charge in [-0.05, 0) is 56.5 Å². The zero-order chi connectivity index (χ0) is 14.5. The van der Waals surface area contributed by atoms with Gasteiger partial charge in [0.25, 0.3) is 0 Å². The molecule has 5 heteroatoms. The molecule has 0 aliphatic carbocycles. The van der Waals surface area contributed by atoms with Crippen molar-refractivity contribution < 1.29 is 9.53 Å². The maximum absolute atomic E-state index is 12.1. The third-order valence-electron chi connectivity index (χ3n) is 3.69. The molecule has 110 valence electrons. The number of halogens is 1. The van der Waals surface area contributed by atoms with E-state index in [1.165, 1.54) is 6.42 Å². The van der Waals surface area contributed by atoms with E-state index in [4.69, 9.17) is 4.74 Å². The number of methoxy groups -OCH3 is 1. The molecule has 1 saturated heterocycles. The second-order valence-corrected chi connectivity index (χ2v) is 6.16. The first kappa shape index (κ1) is 15.3. The van der Waals surface area contributed by atoms with Crippen molar-refractivity contribution in [3.8, 4) is 5.75 Å². The van der Waals surface area contributed by atoms with Gasteiger partial charge in [-0.2, -0.15) is 0 Å². The smallest absolute Gasteiger partial charge is 0.224 e. The van der Waals surface area contributed by atoms with Crippen LogP contribution in [0.25, 0.3) is 0 Å². The Hall–Kier alpha value is -1.07. The third kappa shape index (κ3) is 3.96. The second-order valence-electron chi connectivity index (χ2n) is 5.25. The summed E-state index contributed by atoms with van der Waals surface area (Å²) in [7, 11) is 1.61. The van der Waals surface area contributed by atoms with Crippen LogP contribution in [0.4, 0.5) is 5.69 Å². The van der Waals surface area contributed by atoms with E-state index in [-0.39, 0.29) is 5.91 Å². The molecule has 20 heavy (non-hydrogen) atoms. The zero-order valence-electron chi connectivity index (χ0n) is 12.0. The predicted octanol–water partition coefficient (Wildman–Crippen LogP) is 3.09. The van der Waals surface area contributed by atoms with Crippen molar-refractivity contribution in [2.75, 3.05) is 25.5 Å². The Kier molecular flexibility index (Phi) is 5.43. The Labute approximate surface area is 128 Å². The summed E-state index contributed by atoms with van der Waals surface area (Å²) in [4.78, 5) is 12.1. The first-order valence-corrected chi connectivity index (χ1v) is 7.74. The molecule has 1 heterocycles. The van der Waals surface area contributed by atoms with Gasteiger partial charge in [0, 0.05) is 10.9 Å². The number of nitrogens with one attached hydrogen (secondary N) is 2. The number of amides is 1. The van der Waals surface area contributed by atoms with Gasteiger partial charge in [-0.1, -0.05) is 15.9 Å². The molecule has 1 atom stereocenters. The molecule has 1 aliphatic heterocycles. The number of benzene rings is 1. The van der Waals surface area contributed by atoms with Crippen molar-refractivity contribution in [1.82, 2.24) is 5.32 Å². The number of rotatable bonds is 5. The Morgan fingerprint density at radius 3 is 3.00 bits per heavy atom. The molecule has 1 amide bonds. The molecule has 0 bridgehead atoms. The normalized spacial score (nSPS) is 18.1. The number of anilines is 1. The lowest BCUT2D eigenvalue weighted by Gasteiger charge is -2.14. The largest absolute Gasteiger partial charge is 0.495 e. The first-order chi connectivity index (χ1) is 9.60. The van der Waals surface area contributed by atoms with Crippen LogP contribution in [0.15, 0.2) is 16.6 Å². The minimum Gasteiger partial charge on any atom is -0.495 e. The van der Waals surface area contributed by atoms with E-state index < -0.39 is 0 Å². The van der Waals surface area contributed by atoms with Gasteiger partial charge < -0.3 is 15.4 Å². The number of ether oxygens (including phenoxy) is 1. The molecule has 0 saturated carbocycles. The summed E-state index contributed by atoms with van der Waals surface area (Å²) in [6.45, 7) is 4.07. The Morgan fingerprint density at radius 1 is 1.55 bits per heavy atom. The second kappa shape index (κ2) is 7.09. The molecule has 2 N–H and O–H groups in total. The van der Waals surface area contributed by atoms with Gasteiger partial charge in [-0.3, -0.25) is 4.79 Å². The standard InChI is InChI=1S/C15H21BrN2O2/c1-10-7-12(16)8-13(20-2)15(10)18-14(19)4-3-11-5-6-17-9-11/h7-8,11,17H,3-6,9H2,1-2H3,(H,18,19). The monoisotopic (exact) mass is 340 g/mol. The summed E-state index contributed by atoms with van der Waals surface area (Å²) in [5.74, 6) is 1.38. The summed E-state index contributed by atoms with van der Waals surface area (Å²) in [5.41, 5.74) is 1.76. The Morgan fingerprint density at radius 2 is 2.35 bits per heavy atom. The first-order valence-electron chi connectivity index (χ1n) is 6.95. The number of carbonyl (C=O) groups excluding carboxylic acids is 1. The number of carbonyl (C=O) groups is 1. The molecule has 1 fully saturated rings. The lowest BCUT2D eigenvalue weighted by Crippen LogP contribution is -2.16. The molecule has 0 radical (unpaired) electrons. The van der Waals surface area contributed by atoms with Gasteiger partial charge in [0.1, 0.15) is 5.75 Å². The molecule has 0 aromatic heterocycles. The van der Waals surface area contributed by atoms with Gasteiger partial charge in [-0.25, -0.2) is 0 Å². The van der Waals surface area contributed by atoms with Crippen molar-refractivity contribution in [2.45, 2.75) is 26.2 Å². The number of hydrogen-bond acceptors (Lipinski definition) is 3. The maximum Gasteiger partial charge on any atom is 0.224 e. The van der Waals surface area contributed by atoms with Crippen LogP contribution in [0.5, 0.6) is 5.75 Å². The molecular formula is C15H21BrN2O2. The molecule has 1 unspecified atom stereocenters. The Bertz CT molecular complexity index is 485. The molecule has 0 spiro atoms. The van der Waals surface area contributed by atoms with Crippen LogP contribution >= 0.6 is 15.9 Å². The van der Waals surface area contributed by atoms with Crippen molar-refractivity contribution in [2.24, 2.45) is 5.92 Å². The number of hydrogen-bond donors (Lipinski definition) is 2. The van der Waals surface area contributed by atoms with Gasteiger partial charge >= 0.3 is 0 Å². The van der Waals surface area contributed by atoms with Gasteiger partial charge in [0.05, 0.1) is 12.8 Å². The average molecular weight is 341 g/mol. The third-order valence-corrected chi connectivity index (χ3v) is 4.15. The summed E-state index contributed by atoms with van der Waals surface area (Å²) >= 11 is 3.43. The van der Waals surface area contributed by atoms with Crippen LogP contribution < -0.4 is 15.4 Å². The van der Waals surface area contributed by atoms with Crippen LogP contribution in [-0.4, -0.2) is 26.1 Å². The molecule has 2 rings (SSSR count). The maximum atomic E-state index is 12.1. The zero-order valence-corrected chi connectivity index (χ0v) is 13.5. The number of aryl methyl sites for hydroxylation is 1. The lowest BCUT2D eigenvalue weighted by molar-refractivity contribution is -0.116. The van der Waals surface area contributed by atoms with E-state index in [0.717, 1.165) is 35.2 Å². The van der Waals surface area contributed by atoms with Crippen LogP contribution in [0, 0.1) is 12.8 Å². The van der Waals surface area contributed by atoms with E-state index >= 15 is 0 Å². The van der Waals surface area contributed by atoms with E-state index in [1.807, 2.05) is 19.1 Å². The molecule has 1 aliphatic rings. The molecule has 4 nitrogen and oxygen atoms in total. The summed E-state index contributed by atoms with van der Waals surface area (Å²) in [6.07, 6.45) is 2.68. The summed E-state index contributed by atoms with van der Waals surface area (Å²) < 4.78 is 6.28.